The summed E-state index contributed by atoms with van der Waals surface area (Å²) in [5.41, 5.74) is 1.28. The number of halogens is 1. The molecule has 2 aromatic rings. The van der Waals surface area contributed by atoms with E-state index in [1.165, 1.54) is 5.56 Å². The first-order valence-electron chi connectivity index (χ1n) is 6.33. The van der Waals surface area contributed by atoms with E-state index in [-0.39, 0.29) is 0 Å². The first-order chi connectivity index (χ1) is 9.22. The summed E-state index contributed by atoms with van der Waals surface area (Å²) >= 11 is 6.07. The fourth-order valence-electron chi connectivity index (χ4n) is 1.90. The van der Waals surface area contributed by atoms with Crippen LogP contribution in [0.1, 0.15) is 18.9 Å². The van der Waals surface area contributed by atoms with Crippen LogP contribution in [0.15, 0.2) is 42.5 Å². The minimum atomic E-state index is 0.546. The quantitative estimate of drug-likeness (QED) is 0.757. The van der Waals surface area contributed by atoms with Crippen LogP contribution in [0.25, 0.3) is 0 Å². The summed E-state index contributed by atoms with van der Waals surface area (Å²) in [5.74, 6) is 2.18. The molecule has 0 aliphatic carbocycles. The van der Waals surface area contributed by atoms with Gasteiger partial charge in [-0.15, -0.1) is 0 Å². The summed E-state index contributed by atoms with van der Waals surface area (Å²) in [5, 5.41) is 0.546. The van der Waals surface area contributed by atoms with Gasteiger partial charge in [0.15, 0.2) is 0 Å². The van der Waals surface area contributed by atoms with Crippen LogP contribution in [0.2, 0.25) is 5.02 Å². The van der Waals surface area contributed by atoms with Gasteiger partial charge in [0, 0.05) is 6.07 Å². The maximum absolute atomic E-state index is 6.07. The number of benzene rings is 2. The maximum atomic E-state index is 6.07. The van der Waals surface area contributed by atoms with E-state index in [2.05, 4.69) is 19.1 Å². The lowest BCUT2D eigenvalue weighted by Gasteiger charge is -2.09. The van der Waals surface area contributed by atoms with Crippen molar-refractivity contribution >= 4 is 11.6 Å². The van der Waals surface area contributed by atoms with Crippen LogP contribution in [0.3, 0.4) is 0 Å². The highest BCUT2D eigenvalue weighted by Crippen LogP contribution is 2.31. The third-order valence-corrected chi connectivity index (χ3v) is 3.09. The van der Waals surface area contributed by atoms with E-state index in [0.717, 1.165) is 18.6 Å². The summed E-state index contributed by atoms with van der Waals surface area (Å²) in [6, 6.07) is 13.5. The molecule has 2 aromatic carbocycles. The number of rotatable bonds is 5. The number of aryl methyl sites for hydroxylation is 1. The predicted octanol–water partition coefficient (Wildman–Crippen LogP) is 5.09. The Bertz CT molecular complexity index is 552. The van der Waals surface area contributed by atoms with Gasteiger partial charge in [0.25, 0.3) is 0 Å². The fraction of sp³-hybridized carbons (Fsp3) is 0.250. The second-order valence-electron chi connectivity index (χ2n) is 4.30. The summed E-state index contributed by atoms with van der Waals surface area (Å²) in [7, 11) is 1.59. The molecule has 0 heterocycles. The van der Waals surface area contributed by atoms with Crippen molar-refractivity contribution in [3.05, 3.63) is 53.1 Å². The van der Waals surface area contributed by atoms with Crippen LogP contribution in [-0.2, 0) is 6.42 Å². The summed E-state index contributed by atoms with van der Waals surface area (Å²) in [6.07, 6.45) is 2.18. The highest BCUT2D eigenvalue weighted by atomic mass is 35.5. The standard InChI is InChI=1S/C16H17ClO2/c1-3-5-12-6-4-7-13(10-12)19-14-8-9-16(18-2)15(17)11-14/h4,6-11H,3,5H2,1-2H3. The van der Waals surface area contributed by atoms with Crippen molar-refractivity contribution in [2.24, 2.45) is 0 Å². The number of hydrogen-bond donors (Lipinski definition) is 0. The normalized spacial score (nSPS) is 10.3. The molecule has 19 heavy (non-hydrogen) atoms. The van der Waals surface area contributed by atoms with Crippen molar-refractivity contribution < 1.29 is 9.47 Å². The Kier molecular flexibility index (Phi) is 4.69. The molecule has 0 aromatic heterocycles. The van der Waals surface area contributed by atoms with Crippen LogP contribution < -0.4 is 9.47 Å². The van der Waals surface area contributed by atoms with Crippen molar-refractivity contribution in [1.82, 2.24) is 0 Å². The average Bonchev–Trinajstić information content (AvgIpc) is 2.40. The highest BCUT2D eigenvalue weighted by Gasteiger charge is 2.04. The third-order valence-electron chi connectivity index (χ3n) is 2.80. The van der Waals surface area contributed by atoms with Gasteiger partial charge in [0.1, 0.15) is 17.2 Å². The van der Waals surface area contributed by atoms with E-state index in [9.17, 15) is 0 Å². The van der Waals surface area contributed by atoms with Gasteiger partial charge in [0.05, 0.1) is 12.1 Å². The van der Waals surface area contributed by atoms with Crippen molar-refractivity contribution in [3.8, 4) is 17.2 Å². The molecule has 0 aliphatic rings. The monoisotopic (exact) mass is 276 g/mol. The van der Waals surface area contributed by atoms with Crippen LogP contribution in [0.5, 0.6) is 17.2 Å². The first-order valence-corrected chi connectivity index (χ1v) is 6.71. The lowest BCUT2D eigenvalue weighted by molar-refractivity contribution is 0.413. The zero-order chi connectivity index (χ0) is 13.7. The summed E-state index contributed by atoms with van der Waals surface area (Å²) in [4.78, 5) is 0. The zero-order valence-corrected chi connectivity index (χ0v) is 11.9. The van der Waals surface area contributed by atoms with E-state index >= 15 is 0 Å². The number of methoxy groups -OCH3 is 1. The second-order valence-corrected chi connectivity index (χ2v) is 4.70. The van der Waals surface area contributed by atoms with Crippen LogP contribution >= 0.6 is 11.6 Å². The molecule has 0 saturated carbocycles. The SMILES string of the molecule is CCCc1cccc(Oc2ccc(OC)c(Cl)c2)c1. The topological polar surface area (TPSA) is 18.5 Å². The average molecular weight is 277 g/mol. The molecule has 3 heteroatoms. The van der Waals surface area contributed by atoms with Crippen molar-refractivity contribution in [2.45, 2.75) is 19.8 Å². The van der Waals surface area contributed by atoms with Gasteiger partial charge < -0.3 is 9.47 Å². The fourth-order valence-corrected chi connectivity index (χ4v) is 2.15. The molecule has 0 amide bonds. The Morgan fingerprint density at radius 2 is 1.84 bits per heavy atom. The Hall–Kier alpha value is -1.67. The van der Waals surface area contributed by atoms with Gasteiger partial charge in [-0.25, -0.2) is 0 Å². The molecule has 0 atom stereocenters. The van der Waals surface area contributed by atoms with E-state index < -0.39 is 0 Å². The molecule has 0 unspecified atom stereocenters. The van der Waals surface area contributed by atoms with E-state index in [1.54, 1.807) is 19.2 Å². The molecule has 2 rings (SSSR count). The highest BCUT2D eigenvalue weighted by molar-refractivity contribution is 6.32. The summed E-state index contributed by atoms with van der Waals surface area (Å²) < 4.78 is 10.9. The summed E-state index contributed by atoms with van der Waals surface area (Å²) in [6.45, 7) is 2.16. The predicted molar refractivity (Wildman–Crippen MR) is 78.5 cm³/mol. The van der Waals surface area contributed by atoms with E-state index in [0.29, 0.717) is 16.5 Å². The van der Waals surface area contributed by atoms with Gasteiger partial charge in [-0.3, -0.25) is 0 Å². The van der Waals surface area contributed by atoms with Crippen molar-refractivity contribution in [3.63, 3.8) is 0 Å². The van der Waals surface area contributed by atoms with Gasteiger partial charge in [-0.2, -0.15) is 0 Å². The Morgan fingerprint density at radius 1 is 1.05 bits per heavy atom. The molecule has 0 bridgehead atoms. The van der Waals surface area contributed by atoms with E-state index in [4.69, 9.17) is 21.1 Å². The van der Waals surface area contributed by atoms with Crippen LogP contribution in [0.4, 0.5) is 0 Å². The molecular formula is C16H17ClO2. The van der Waals surface area contributed by atoms with Crippen LogP contribution in [0, 0.1) is 0 Å². The number of hydrogen-bond acceptors (Lipinski definition) is 2. The van der Waals surface area contributed by atoms with E-state index in [1.807, 2.05) is 18.2 Å². The Morgan fingerprint density at radius 3 is 2.53 bits per heavy atom. The third kappa shape index (κ3) is 3.65. The molecule has 100 valence electrons. The Labute approximate surface area is 118 Å². The molecule has 0 N–H and O–H groups in total. The smallest absolute Gasteiger partial charge is 0.137 e. The molecule has 0 aliphatic heterocycles. The van der Waals surface area contributed by atoms with Crippen molar-refractivity contribution in [1.29, 1.82) is 0 Å². The second kappa shape index (κ2) is 6.48. The number of ether oxygens (including phenoxy) is 2. The van der Waals surface area contributed by atoms with Gasteiger partial charge in [0.2, 0.25) is 0 Å². The molecule has 0 saturated heterocycles. The Balaban J connectivity index is 2.16. The molecule has 0 radical (unpaired) electrons. The van der Waals surface area contributed by atoms with Gasteiger partial charge in [-0.05, 0) is 36.2 Å². The maximum Gasteiger partial charge on any atom is 0.137 e. The lowest BCUT2D eigenvalue weighted by atomic mass is 10.1. The minimum absolute atomic E-state index is 0.546. The van der Waals surface area contributed by atoms with Gasteiger partial charge in [-0.1, -0.05) is 37.1 Å². The molecular weight excluding hydrogens is 260 g/mol. The largest absolute Gasteiger partial charge is 0.495 e. The molecule has 2 nitrogen and oxygen atoms in total. The minimum Gasteiger partial charge on any atom is -0.495 e. The van der Waals surface area contributed by atoms with Crippen LogP contribution in [-0.4, -0.2) is 7.11 Å². The molecule has 0 fully saturated rings. The first kappa shape index (κ1) is 13.8. The zero-order valence-electron chi connectivity index (χ0n) is 11.2. The molecule has 0 spiro atoms. The van der Waals surface area contributed by atoms with Crippen molar-refractivity contribution in [2.75, 3.05) is 7.11 Å². The lowest BCUT2D eigenvalue weighted by Crippen LogP contribution is -1.89. The van der Waals surface area contributed by atoms with Gasteiger partial charge >= 0.3 is 0 Å².